The molecule has 0 aliphatic heterocycles. The van der Waals surface area contributed by atoms with Crippen molar-refractivity contribution in [1.82, 2.24) is 10.3 Å². The zero-order valence-corrected chi connectivity index (χ0v) is 16.6. The Labute approximate surface area is 173 Å². The maximum atomic E-state index is 12.7. The van der Waals surface area contributed by atoms with Crippen molar-refractivity contribution in [3.63, 3.8) is 0 Å². The van der Waals surface area contributed by atoms with Gasteiger partial charge in [-0.1, -0.05) is 36.4 Å². The normalized spacial score (nSPS) is 10.7. The van der Waals surface area contributed by atoms with Gasteiger partial charge in [-0.25, -0.2) is 9.78 Å². The van der Waals surface area contributed by atoms with E-state index >= 15 is 0 Å². The average molecular weight is 400 g/mol. The highest BCUT2D eigenvalue weighted by Gasteiger charge is 2.16. The molecular formula is C24H20N2O4. The molecule has 0 saturated carbocycles. The Bertz CT molecular complexity index is 1270. The van der Waals surface area contributed by atoms with E-state index in [4.69, 9.17) is 14.5 Å². The van der Waals surface area contributed by atoms with Crippen molar-refractivity contribution in [3.05, 3.63) is 72.3 Å². The van der Waals surface area contributed by atoms with E-state index in [2.05, 4.69) is 5.32 Å². The Morgan fingerprint density at radius 3 is 2.53 bits per heavy atom. The van der Waals surface area contributed by atoms with E-state index in [0.29, 0.717) is 22.2 Å². The molecule has 150 valence electrons. The molecule has 0 atom stereocenters. The quantitative estimate of drug-likeness (QED) is 0.513. The largest absolute Gasteiger partial charge is 0.497 e. The number of methoxy groups -OCH3 is 1. The standard InChI is InChI=1S/C24H20N2O4/c1-25-23(27)14-30-24(28)20-13-22(26-21-6-4-3-5-19(20)21)17-8-7-16-12-18(29-2)10-9-15(16)11-17/h3-13H,14H2,1-2H3,(H,25,27). The van der Waals surface area contributed by atoms with Crippen LogP contribution < -0.4 is 10.1 Å². The lowest BCUT2D eigenvalue weighted by Gasteiger charge is -2.11. The number of carbonyl (C=O) groups is 2. The first-order valence-electron chi connectivity index (χ1n) is 9.44. The topological polar surface area (TPSA) is 77.5 Å². The lowest BCUT2D eigenvalue weighted by molar-refractivity contribution is -0.123. The van der Waals surface area contributed by atoms with Crippen molar-refractivity contribution in [2.45, 2.75) is 0 Å². The molecule has 6 nitrogen and oxygen atoms in total. The molecule has 0 aliphatic rings. The molecule has 3 aromatic carbocycles. The van der Waals surface area contributed by atoms with E-state index in [9.17, 15) is 9.59 Å². The fourth-order valence-electron chi connectivity index (χ4n) is 3.28. The molecule has 0 unspecified atom stereocenters. The van der Waals surface area contributed by atoms with Crippen LogP contribution in [0.2, 0.25) is 0 Å². The maximum Gasteiger partial charge on any atom is 0.339 e. The summed E-state index contributed by atoms with van der Waals surface area (Å²) in [5.41, 5.74) is 2.57. The molecule has 4 rings (SSSR count). The number of hydrogen-bond acceptors (Lipinski definition) is 5. The predicted molar refractivity (Wildman–Crippen MR) is 116 cm³/mol. The molecule has 30 heavy (non-hydrogen) atoms. The van der Waals surface area contributed by atoms with Crippen LogP contribution in [0, 0.1) is 0 Å². The van der Waals surface area contributed by atoms with Crippen LogP contribution in [-0.4, -0.2) is 37.6 Å². The highest BCUT2D eigenvalue weighted by Crippen LogP contribution is 2.29. The summed E-state index contributed by atoms with van der Waals surface area (Å²) >= 11 is 0. The summed E-state index contributed by atoms with van der Waals surface area (Å²) in [5, 5.41) is 5.19. The van der Waals surface area contributed by atoms with Gasteiger partial charge in [0.2, 0.25) is 0 Å². The van der Waals surface area contributed by atoms with Gasteiger partial charge >= 0.3 is 5.97 Å². The van der Waals surface area contributed by atoms with Gasteiger partial charge in [0.05, 0.1) is 23.9 Å². The number of likely N-dealkylation sites (N-methyl/N-ethyl adjacent to an activating group) is 1. The Balaban J connectivity index is 1.78. The van der Waals surface area contributed by atoms with Crippen LogP contribution in [0.4, 0.5) is 0 Å². The highest BCUT2D eigenvalue weighted by atomic mass is 16.5. The molecule has 0 aliphatic carbocycles. The predicted octanol–water partition coefficient (Wildman–Crippen LogP) is 3.97. The second-order valence-electron chi connectivity index (χ2n) is 6.75. The first-order chi connectivity index (χ1) is 14.6. The molecule has 1 amide bonds. The van der Waals surface area contributed by atoms with E-state index in [0.717, 1.165) is 22.1 Å². The van der Waals surface area contributed by atoms with Gasteiger partial charge < -0.3 is 14.8 Å². The molecule has 6 heteroatoms. The number of nitrogens with zero attached hydrogens (tertiary/aromatic N) is 1. The zero-order chi connectivity index (χ0) is 21.1. The van der Waals surface area contributed by atoms with E-state index < -0.39 is 5.97 Å². The third-order valence-electron chi connectivity index (χ3n) is 4.89. The van der Waals surface area contributed by atoms with Gasteiger partial charge in [0.15, 0.2) is 6.61 Å². The number of aromatic nitrogens is 1. The fourth-order valence-corrected chi connectivity index (χ4v) is 3.28. The van der Waals surface area contributed by atoms with Gasteiger partial charge in [0.1, 0.15) is 5.75 Å². The van der Waals surface area contributed by atoms with E-state index in [1.165, 1.54) is 7.05 Å². The first kappa shape index (κ1) is 19.4. The SMILES string of the molecule is CNC(=O)COC(=O)c1cc(-c2ccc3cc(OC)ccc3c2)nc2ccccc12. The van der Waals surface area contributed by atoms with Gasteiger partial charge in [0, 0.05) is 18.0 Å². The summed E-state index contributed by atoms with van der Waals surface area (Å²) in [6.07, 6.45) is 0. The summed E-state index contributed by atoms with van der Waals surface area (Å²) in [6, 6.07) is 20.9. The maximum absolute atomic E-state index is 12.7. The van der Waals surface area contributed by atoms with Crippen LogP contribution in [0.1, 0.15) is 10.4 Å². The van der Waals surface area contributed by atoms with Crippen LogP contribution in [0.15, 0.2) is 66.7 Å². The van der Waals surface area contributed by atoms with E-state index in [1.54, 1.807) is 13.2 Å². The molecule has 0 radical (unpaired) electrons. The highest BCUT2D eigenvalue weighted by molar-refractivity contribution is 6.05. The third kappa shape index (κ3) is 3.80. The molecular weight excluding hydrogens is 380 g/mol. The van der Waals surface area contributed by atoms with Crippen LogP contribution in [0.25, 0.3) is 32.9 Å². The van der Waals surface area contributed by atoms with Gasteiger partial charge in [-0.05, 0) is 41.1 Å². The number of nitrogens with one attached hydrogen (secondary N) is 1. The van der Waals surface area contributed by atoms with Crippen LogP contribution in [-0.2, 0) is 9.53 Å². The monoisotopic (exact) mass is 400 g/mol. The molecule has 0 spiro atoms. The Kier molecular flexibility index (Phi) is 5.30. The van der Waals surface area contributed by atoms with Gasteiger partial charge in [-0.15, -0.1) is 0 Å². The van der Waals surface area contributed by atoms with Gasteiger partial charge in [0.25, 0.3) is 5.91 Å². The minimum Gasteiger partial charge on any atom is -0.497 e. The lowest BCUT2D eigenvalue weighted by Crippen LogP contribution is -2.25. The van der Waals surface area contributed by atoms with Crippen molar-refractivity contribution in [2.24, 2.45) is 0 Å². The minimum absolute atomic E-state index is 0.334. The van der Waals surface area contributed by atoms with E-state index in [-0.39, 0.29) is 12.5 Å². The van der Waals surface area contributed by atoms with E-state index in [1.807, 2.05) is 60.7 Å². The second kappa shape index (κ2) is 8.21. The van der Waals surface area contributed by atoms with Crippen molar-refractivity contribution in [3.8, 4) is 17.0 Å². The number of amides is 1. The van der Waals surface area contributed by atoms with Crippen molar-refractivity contribution >= 4 is 33.6 Å². The molecule has 4 aromatic rings. The number of ether oxygens (including phenoxy) is 2. The summed E-state index contributed by atoms with van der Waals surface area (Å²) in [6.45, 7) is -0.334. The number of para-hydroxylation sites is 1. The smallest absolute Gasteiger partial charge is 0.339 e. The Morgan fingerprint density at radius 2 is 1.73 bits per heavy atom. The Morgan fingerprint density at radius 1 is 0.967 bits per heavy atom. The number of hydrogen-bond donors (Lipinski definition) is 1. The summed E-state index contributed by atoms with van der Waals surface area (Å²) in [7, 11) is 3.13. The minimum atomic E-state index is -0.566. The molecule has 0 saturated heterocycles. The number of benzene rings is 3. The second-order valence-corrected chi connectivity index (χ2v) is 6.75. The van der Waals surface area contributed by atoms with Gasteiger partial charge in [-0.2, -0.15) is 0 Å². The average Bonchev–Trinajstić information content (AvgIpc) is 2.80. The molecule has 0 bridgehead atoms. The number of pyridine rings is 1. The molecule has 0 fully saturated rings. The van der Waals surface area contributed by atoms with Gasteiger partial charge in [-0.3, -0.25) is 4.79 Å². The number of esters is 1. The molecule has 1 N–H and O–H groups in total. The van der Waals surface area contributed by atoms with Crippen molar-refractivity contribution in [1.29, 1.82) is 0 Å². The summed E-state index contributed by atoms with van der Waals surface area (Å²) in [5.74, 6) is -0.143. The Hall–Kier alpha value is -3.93. The summed E-state index contributed by atoms with van der Waals surface area (Å²) < 4.78 is 10.5. The number of fused-ring (bicyclic) bond motifs is 2. The van der Waals surface area contributed by atoms with Crippen molar-refractivity contribution in [2.75, 3.05) is 20.8 Å². The fraction of sp³-hybridized carbons (Fsp3) is 0.125. The summed E-state index contributed by atoms with van der Waals surface area (Å²) in [4.78, 5) is 28.9. The van der Waals surface area contributed by atoms with Crippen LogP contribution >= 0.6 is 0 Å². The van der Waals surface area contributed by atoms with Crippen LogP contribution in [0.3, 0.4) is 0 Å². The number of carbonyl (C=O) groups excluding carboxylic acids is 2. The van der Waals surface area contributed by atoms with Crippen molar-refractivity contribution < 1.29 is 19.1 Å². The number of rotatable bonds is 5. The zero-order valence-electron chi connectivity index (χ0n) is 16.6. The molecule has 1 heterocycles. The lowest BCUT2D eigenvalue weighted by atomic mass is 10.0. The third-order valence-corrected chi connectivity index (χ3v) is 4.89. The molecule has 1 aromatic heterocycles. The first-order valence-corrected chi connectivity index (χ1v) is 9.44. The van der Waals surface area contributed by atoms with Crippen LogP contribution in [0.5, 0.6) is 5.75 Å².